The second-order valence-electron chi connectivity index (χ2n) is 6.76. The number of rotatable bonds is 2. The predicted molar refractivity (Wildman–Crippen MR) is 93.0 cm³/mol. The highest BCUT2D eigenvalue weighted by molar-refractivity contribution is 7.90. The van der Waals surface area contributed by atoms with Gasteiger partial charge in [0.15, 0.2) is 20.7 Å². The highest BCUT2D eigenvalue weighted by Crippen LogP contribution is 2.35. The number of hydrogen-bond donors (Lipinski definition) is 0. The largest absolute Gasteiger partial charge is 0.416 e. The summed E-state index contributed by atoms with van der Waals surface area (Å²) < 4.78 is 67.1. The maximum absolute atomic E-state index is 13.0. The first-order chi connectivity index (χ1) is 12.6. The second kappa shape index (κ2) is 5.82. The molecule has 27 heavy (non-hydrogen) atoms. The number of fused-ring (bicyclic) bond motifs is 2. The maximum Gasteiger partial charge on any atom is 0.416 e. The Balaban J connectivity index is 1.98. The summed E-state index contributed by atoms with van der Waals surface area (Å²) in [5.41, 5.74) is 0.0185. The molecule has 0 amide bonds. The number of hydrogen-bond acceptors (Lipinski definition) is 4. The summed E-state index contributed by atoms with van der Waals surface area (Å²) >= 11 is 0. The van der Waals surface area contributed by atoms with E-state index in [0.717, 1.165) is 31.2 Å². The second-order valence-corrected chi connectivity index (χ2v) is 8.69. The van der Waals surface area contributed by atoms with Gasteiger partial charge in [0.25, 0.3) is 0 Å². The molecule has 3 heterocycles. The third kappa shape index (κ3) is 2.91. The Labute approximate surface area is 153 Å². The molecule has 0 radical (unpaired) electrons. The molecule has 0 spiro atoms. The molecule has 0 bridgehead atoms. The molecule has 0 atom stereocenters. The van der Waals surface area contributed by atoms with Gasteiger partial charge in [-0.2, -0.15) is 13.2 Å². The van der Waals surface area contributed by atoms with Gasteiger partial charge in [-0.05, 0) is 31.0 Å². The monoisotopic (exact) mass is 398 g/mol. The molecule has 1 aromatic carbocycles. The van der Waals surface area contributed by atoms with Crippen molar-refractivity contribution in [3.63, 3.8) is 0 Å². The van der Waals surface area contributed by atoms with E-state index in [0.29, 0.717) is 24.3 Å². The van der Waals surface area contributed by atoms with Crippen molar-refractivity contribution in [3.8, 4) is 11.5 Å². The van der Waals surface area contributed by atoms with Crippen LogP contribution in [0.5, 0.6) is 0 Å². The van der Waals surface area contributed by atoms with Crippen LogP contribution in [0, 0.1) is 0 Å². The maximum atomic E-state index is 13.0. The molecule has 0 saturated carbocycles. The Bertz CT molecular complexity index is 1160. The fourth-order valence-electron chi connectivity index (χ4n) is 3.57. The van der Waals surface area contributed by atoms with Crippen molar-refractivity contribution in [2.24, 2.45) is 7.05 Å². The first kappa shape index (κ1) is 18.0. The highest BCUT2D eigenvalue weighted by Gasteiger charge is 2.32. The van der Waals surface area contributed by atoms with Crippen LogP contribution in [0.15, 0.2) is 23.2 Å². The lowest BCUT2D eigenvalue weighted by atomic mass is 10.2. The average molecular weight is 398 g/mol. The lowest BCUT2D eigenvalue weighted by molar-refractivity contribution is -0.137. The van der Waals surface area contributed by atoms with E-state index in [2.05, 4.69) is 9.97 Å². The van der Waals surface area contributed by atoms with Crippen molar-refractivity contribution in [2.45, 2.75) is 37.0 Å². The Morgan fingerprint density at radius 1 is 1.15 bits per heavy atom. The van der Waals surface area contributed by atoms with Crippen LogP contribution in [0.3, 0.4) is 0 Å². The van der Waals surface area contributed by atoms with E-state index in [1.54, 1.807) is 16.2 Å². The Morgan fingerprint density at radius 3 is 2.56 bits per heavy atom. The SMILES string of the molecule is Cn1c(-c2nc3n(c2S(C)(=O)=O)CCCC3)nc2cc(C(F)(F)F)ccc21. The standard InChI is InChI=1S/C17H17F3N4O2S/c1-23-12-7-6-10(17(18,19)20)9-11(12)21-15(23)14-16(27(2,25)26)24-8-4-3-5-13(24)22-14/h6-7,9H,3-5,8H2,1-2H3. The van der Waals surface area contributed by atoms with Crippen LogP contribution in [-0.2, 0) is 36.0 Å². The number of alkyl halides is 3. The average Bonchev–Trinajstić information content (AvgIpc) is 3.11. The minimum atomic E-state index is -4.47. The molecule has 0 saturated heterocycles. The van der Waals surface area contributed by atoms with Crippen LogP contribution >= 0.6 is 0 Å². The van der Waals surface area contributed by atoms with Gasteiger partial charge in [0.2, 0.25) is 0 Å². The first-order valence-corrected chi connectivity index (χ1v) is 10.3. The van der Waals surface area contributed by atoms with Crippen LogP contribution < -0.4 is 0 Å². The van der Waals surface area contributed by atoms with Gasteiger partial charge < -0.3 is 9.13 Å². The van der Waals surface area contributed by atoms with Crippen LogP contribution in [0.2, 0.25) is 0 Å². The lowest BCUT2D eigenvalue weighted by Crippen LogP contribution is -2.15. The third-order valence-electron chi connectivity index (χ3n) is 4.80. The molecule has 10 heteroatoms. The Morgan fingerprint density at radius 2 is 1.89 bits per heavy atom. The molecule has 0 unspecified atom stereocenters. The fraction of sp³-hybridized carbons (Fsp3) is 0.412. The van der Waals surface area contributed by atoms with Gasteiger partial charge in [-0.3, -0.25) is 0 Å². The molecule has 0 N–H and O–H groups in total. The lowest BCUT2D eigenvalue weighted by Gasteiger charge is -2.15. The molecule has 6 nitrogen and oxygen atoms in total. The van der Waals surface area contributed by atoms with Crippen LogP contribution in [0.4, 0.5) is 13.2 Å². The quantitative estimate of drug-likeness (QED) is 0.665. The molecule has 1 aliphatic heterocycles. The van der Waals surface area contributed by atoms with Crippen LogP contribution in [-0.4, -0.2) is 33.8 Å². The van der Waals surface area contributed by atoms with Crippen LogP contribution in [0.1, 0.15) is 24.2 Å². The van der Waals surface area contributed by atoms with Crippen molar-refractivity contribution < 1.29 is 21.6 Å². The number of aromatic nitrogens is 4. The van der Waals surface area contributed by atoms with Crippen molar-refractivity contribution in [1.82, 2.24) is 19.1 Å². The summed E-state index contributed by atoms with van der Waals surface area (Å²) in [6.07, 6.45) is -0.943. The van der Waals surface area contributed by atoms with Gasteiger partial charge >= 0.3 is 6.18 Å². The van der Waals surface area contributed by atoms with Crippen LogP contribution in [0.25, 0.3) is 22.6 Å². The van der Waals surface area contributed by atoms with E-state index in [1.807, 2.05) is 0 Å². The number of aryl methyl sites for hydroxylation is 2. The molecule has 1 aliphatic rings. The molecule has 0 aliphatic carbocycles. The fourth-order valence-corrected chi connectivity index (χ4v) is 4.65. The molecule has 4 rings (SSSR count). The smallest absolute Gasteiger partial charge is 0.326 e. The summed E-state index contributed by atoms with van der Waals surface area (Å²) in [6, 6.07) is 3.29. The Hall–Kier alpha value is -2.36. The van der Waals surface area contributed by atoms with Crippen molar-refractivity contribution in [3.05, 3.63) is 29.6 Å². The molecular formula is C17H17F3N4O2S. The predicted octanol–water partition coefficient (Wildman–Crippen LogP) is 3.20. The summed E-state index contributed by atoms with van der Waals surface area (Å²) in [5.74, 6) is 0.909. The topological polar surface area (TPSA) is 69.8 Å². The number of halogens is 3. The van der Waals surface area contributed by atoms with Crippen molar-refractivity contribution in [2.75, 3.05) is 6.26 Å². The summed E-state index contributed by atoms with van der Waals surface area (Å²) in [7, 11) is -1.96. The highest BCUT2D eigenvalue weighted by atomic mass is 32.2. The zero-order valence-electron chi connectivity index (χ0n) is 14.7. The minimum Gasteiger partial charge on any atom is -0.326 e. The normalized spacial score (nSPS) is 15.3. The first-order valence-electron chi connectivity index (χ1n) is 8.41. The molecule has 0 fully saturated rings. The van der Waals surface area contributed by atoms with E-state index < -0.39 is 21.6 Å². The summed E-state index contributed by atoms with van der Waals surface area (Å²) in [6.45, 7) is 0.549. The van der Waals surface area contributed by atoms with Gasteiger partial charge in [-0.15, -0.1) is 0 Å². The zero-order chi connectivity index (χ0) is 19.6. The number of benzene rings is 1. The van der Waals surface area contributed by atoms with Crippen molar-refractivity contribution in [1.29, 1.82) is 0 Å². The van der Waals surface area contributed by atoms with Gasteiger partial charge in [-0.1, -0.05) is 0 Å². The van der Waals surface area contributed by atoms with Crippen molar-refractivity contribution >= 4 is 20.9 Å². The molecule has 2 aromatic heterocycles. The van der Waals surface area contributed by atoms with E-state index in [1.165, 1.54) is 6.07 Å². The van der Waals surface area contributed by atoms with Gasteiger partial charge in [0.1, 0.15) is 11.5 Å². The van der Waals surface area contributed by atoms with E-state index >= 15 is 0 Å². The minimum absolute atomic E-state index is 0.0756. The molecule has 3 aromatic rings. The molecular weight excluding hydrogens is 381 g/mol. The summed E-state index contributed by atoms with van der Waals surface area (Å²) in [4.78, 5) is 8.79. The van der Waals surface area contributed by atoms with E-state index in [9.17, 15) is 21.6 Å². The Kier molecular flexibility index (Phi) is 3.88. The van der Waals surface area contributed by atoms with Gasteiger partial charge in [0, 0.05) is 26.3 Å². The van der Waals surface area contributed by atoms with Gasteiger partial charge in [0.05, 0.1) is 16.6 Å². The zero-order valence-corrected chi connectivity index (χ0v) is 15.5. The third-order valence-corrected chi connectivity index (χ3v) is 5.92. The number of nitrogens with zero attached hydrogens (tertiary/aromatic N) is 4. The summed E-state index contributed by atoms with van der Waals surface area (Å²) in [5, 5.41) is 0.0756. The van der Waals surface area contributed by atoms with Gasteiger partial charge in [-0.25, -0.2) is 18.4 Å². The number of sulfone groups is 1. The van der Waals surface area contributed by atoms with E-state index in [-0.39, 0.29) is 22.1 Å². The number of imidazole rings is 2. The molecule has 144 valence electrons. The van der Waals surface area contributed by atoms with E-state index in [4.69, 9.17) is 0 Å².